The molecule has 2 amide bonds. The molecule has 0 radical (unpaired) electrons. The van der Waals surface area contributed by atoms with Crippen molar-refractivity contribution in [1.82, 2.24) is 4.90 Å². The number of ether oxygens (including phenoxy) is 1. The molecule has 82 valence electrons. The summed E-state index contributed by atoms with van der Waals surface area (Å²) in [5.41, 5.74) is 6.91. The first-order valence-corrected chi connectivity index (χ1v) is 5.04. The van der Waals surface area contributed by atoms with Crippen molar-refractivity contribution < 1.29 is 14.3 Å². The lowest BCUT2D eigenvalue weighted by molar-refractivity contribution is 0.0642. The third-order valence-corrected chi connectivity index (χ3v) is 2.78. The number of carbonyl (C=O) groups is 2. The van der Waals surface area contributed by atoms with Crippen molar-refractivity contribution in [2.45, 2.75) is 6.10 Å². The Balaban J connectivity index is 1.98. The predicted molar refractivity (Wildman–Crippen MR) is 56.0 cm³/mol. The first-order valence-electron chi connectivity index (χ1n) is 5.04. The van der Waals surface area contributed by atoms with Crippen LogP contribution in [0.4, 0.5) is 5.69 Å². The van der Waals surface area contributed by atoms with E-state index < -0.39 is 0 Å². The number of nitrogens with two attached hydrogens (primary N) is 1. The van der Waals surface area contributed by atoms with Gasteiger partial charge in [0.15, 0.2) is 0 Å². The van der Waals surface area contributed by atoms with Crippen molar-refractivity contribution in [1.29, 1.82) is 0 Å². The molecule has 16 heavy (non-hydrogen) atoms. The van der Waals surface area contributed by atoms with E-state index in [1.54, 1.807) is 18.2 Å². The van der Waals surface area contributed by atoms with Crippen LogP contribution in [0.3, 0.4) is 0 Å². The normalized spacial score (nSPS) is 22.5. The van der Waals surface area contributed by atoms with E-state index in [-0.39, 0.29) is 17.9 Å². The van der Waals surface area contributed by atoms with Gasteiger partial charge in [-0.2, -0.15) is 0 Å². The van der Waals surface area contributed by atoms with Gasteiger partial charge in [0.2, 0.25) is 0 Å². The number of rotatable bonds is 2. The average molecular weight is 218 g/mol. The second kappa shape index (κ2) is 3.05. The van der Waals surface area contributed by atoms with Gasteiger partial charge in [-0.3, -0.25) is 14.5 Å². The number of hydrogen-bond donors (Lipinski definition) is 1. The summed E-state index contributed by atoms with van der Waals surface area (Å²) in [6, 6.07) is 4.77. The lowest BCUT2D eigenvalue weighted by atomic mass is 10.1. The Morgan fingerprint density at radius 1 is 1.31 bits per heavy atom. The van der Waals surface area contributed by atoms with Gasteiger partial charge in [-0.15, -0.1) is 0 Å². The van der Waals surface area contributed by atoms with E-state index in [0.717, 1.165) is 0 Å². The van der Waals surface area contributed by atoms with Crippen LogP contribution in [0.15, 0.2) is 18.2 Å². The Labute approximate surface area is 91.8 Å². The third-order valence-electron chi connectivity index (χ3n) is 2.78. The van der Waals surface area contributed by atoms with Gasteiger partial charge in [0, 0.05) is 5.69 Å². The van der Waals surface area contributed by atoms with Gasteiger partial charge >= 0.3 is 0 Å². The van der Waals surface area contributed by atoms with Crippen LogP contribution in [-0.4, -0.2) is 36.0 Å². The monoisotopic (exact) mass is 218 g/mol. The molecular weight excluding hydrogens is 208 g/mol. The van der Waals surface area contributed by atoms with Gasteiger partial charge in [0.1, 0.15) is 0 Å². The molecule has 5 heteroatoms. The molecular formula is C11H10N2O3. The van der Waals surface area contributed by atoms with E-state index in [2.05, 4.69) is 0 Å². The third kappa shape index (κ3) is 1.29. The molecule has 2 aliphatic rings. The number of epoxide rings is 1. The Morgan fingerprint density at radius 2 is 2.00 bits per heavy atom. The molecule has 1 atom stereocenters. The Kier molecular flexibility index (Phi) is 1.79. The smallest absolute Gasteiger partial charge is 0.261 e. The number of carbonyl (C=O) groups excluding carboxylic acids is 2. The standard InChI is InChI=1S/C11H10N2O3/c12-6-1-2-8-9(3-6)11(15)13(10(8)14)4-7-5-16-7/h1-3,7H,4-5,12H2. The minimum absolute atomic E-state index is 0.0135. The molecule has 3 rings (SSSR count). The van der Waals surface area contributed by atoms with Crippen molar-refractivity contribution in [3.63, 3.8) is 0 Å². The van der Waals surface area contributed by atoms with Crippen molar-refractivity contribution in [2.75, 3.05) is 18.9 Å². The molecule has 0 saturated carbocycles. The van der Waals surface area contributed by atoms with Crippen LogP contribution in [0.25, 0.3) is 0 Å². The van der Waals surface area contributed by atoms with E-state index in [1.807, 2.05) is 0 Å². The number of amides is 2. The fourth-order valence-electron chi connectivity index (χ4n) is 1.85. The Hall–Kier alpha value is -1.88. The molecule has 0 spiro atoms. The van der Waals surface area contributed by atoms with Gasteiger partial charge in [-0.05, 0) is 18.2 Å². The largest absolute Gasteiger partial charge is 0.399 e. The zero-order chi connectivity index (χ0) is 11.3. The molecule has 0 aromatic heterocycles. The minimum Gasteiger partial charge on any atom is -0.399 e. The summed E-state index contributed by atoms with van der Waals surface area (Å²) in [4.78, 5) is 25.0. The maximum Gasteiger partial charge on any atom is 0.261 e. The van der Waals surface area contributed by atoms with Crippen molar-refractivity contribution in [2.24, 2.45) is 0 Å². The molecule has 1 fully saturated rings. The van der Waals surface area contributed by atoms with Gasteiger partial charge in [0.05, 0.1) is 30.4 Å². The molecule has 1 aromatic carbocycles. The first kappa shape index (κ1) is 9.35. The van der Waals surface area contributed by atoms with Crippen LogP contribution in [-0.2, 0) is 4.74 Å². The summed E-state index contributed by atoms with van der Waals surface area (Å²) in [5.74, 6) is -0.529. The molecule has 1 saturated heterocycles. The van der Waals surface area contributed by atoms with Gasteiger partial charge in [-0.25, -0.2) is 0 Å². The lowest BCUT2D eigenvalue weighted by Gasteiger charge is -2.10. The fraction of sp³-hybridized carbons (Fsp3) is 0.273. The highest BCUT2D eigenvalue weighted by Crippen LogP contribution is 2.26. The van der Waals surface area contributed by atoms with E-state index in [4.69, 9.17) is 10.5 Å². The molecule has 2 N–H and O–H groups in total. The zero-order valence-corrected chi connectivity index (χ0v) is 8.47. The van der Waals surface area contributed by atoms with Gasteiger partial charge < -0.3 is 10.5 Å². The molecule has 1 unspecified atom stereocenters. The summed E-state index contributed by atoms with van der Waals surface area (Å²) < 4.78 is 5.02. The van der Waals surface area contributed by atoms with Crippen LogP contribution < -0.4 is 5.73 Å². The number of nitrogens with zero attached hydrogens (tertiary/aromatic N) is 1. The second-order valence-electron chi connectivity index (χ2n) is 3.98. The number of imide groups is 1. The summed E-state index contributed by atoms with van der Waals surface area (Å²) >= 11 is 0. The van der Waals surface area contributed by atoms with E-state index in [9.17, 15) is 9.59 Å². The van der Waals surface area contributed by atoms with Crippen molar-refractivity contribution in [3.05, 3.63) is 29.3 Å². The summed E-state index contributed by atoms with van der Waals surface area (Å²) in [7, 11) is 0. The van der Waals surface area contributed by atoms with Crippen molar-refractivity contribution >= 4 is 17.5 Å². The Bertz CT molecular complexity index is 494. The van der Waals surface area contributed by atoms with E-state index >= 15 is 0 Å². The average Bonchev–Trinajstić information content (AvgIpc) is 3.04. The molecule has 0 aliphatic carbocycles. The topological polar surface area (TPSA) is 75.9 Å². The quantitative estimate of drug-likeness (QED) is 0.439. The molecule has 2 heterocycles. The SMILES string of the molecule is Nc1ccc2c(c1)C(=O)N(CC1CO1)C2=O. The zero-order valence-electron chi connectivity index (χ0n) is 8.47. The predicted octanol–water partition coefficient (Wildman–Crippen LogP) is 0.264. The first-order chi connectivity index (χ1) is 7.66. The molecule has 0 bridgehead atoms. The van der Waals surface area contributed by atoms with Crippen LogP contribution >= 0.6 is 0 Å². The molecule has 2 aliphatic heterocycles. The molecule has 5 nitrogen and oxygen atoms in total. The number of fused-ring (bicyclic) bond motifs is 1. The summed E-state index contributed by atoms with van der Waals surface area (Å²) in [6.45, 7) is 0.960. The van der Waals surface area contributed by atoms with Gasteiger partial charge in [-0.1, -0.05) is 0 Å². The highest BCUT2D eigenvalue weighted by Gasteiger charge is 2.39. The van der Waals surface area contributed by atoms with Crippen LogP contribution in [0.5, 0.6) is 0 Å². The number of nitrogen functional groups attached to an aromatic ring is 1. The van der Waals surface area contributed by atoms with Gasteiger partial charge in [0.25, 0.3) is 11.8 Å². The van der Waals surface area contributed by atoms with Crippen LogP contribution in [0.2, 0.25) is 0 Å². The minimum atomic E-state index is -0.275. The Morgan fingerprint density at radius 3 is 2.69 bits per heavy atom. The molecule has 1 aromatic rings. The number of anilines is 1. The highest BCUT2D eigenvalue weighted by atomic mass is 16.6. The van der Waals surface area contributed by atoms with Crippen LogP contribution in [0, 0.1) is 0 Å². The lowest BCUT2D eigenvalue weighted by Crippen LogP contribution is -2.33. The number of benzene rings is 1. The van der Waals surface area contributed by atoms with Crippen molar-refractivity contribution in [3.8, 4) is 0 Å². The highest BCUT2D eigenvalue weighted by molar-refractivity contribution is 6.21. The summed E-state index contributed by atoms with van der Waals surface area (Å²) in [5, 5.41) is 0. The number of hydrogen-bond acceptors (Lipinski definition) is 4. The summed E-state index contributed by atoms with van der Waals surface area (Å²) in [6.07, 6.45) is 0.0135. The fourth-order valence-corrected chi connectivity index (χ4v) is 1.85. The van der Waals surface area contributed by atoms with E-state index in [0.29, 0.717) is 30.0 Å². The maximum absolute atomic E-state index is 11.9. The second-order valence-corrected chi connectivity index (χ2v) is 3.98. The maximum atomic E-state index is 11.9. The van der Waals surface area contributed by atoms with E-state index in [1.165, 1.54) is 4.90 Å². The van der Waals surface area contributed by atoms with Crippen LogP contribution in [0.1, 0.15) is 20.7 Å².